The quantitative estimate of drug-likeness (QED) is 0.534. The second-order valence-electron chi connectivity index (χ2n) is 1.84. The zero-order valence-corrected chi connectivity index (χ0v) is 5.87. The van der Waals surface area contributed by atoms with Crippen molar-refractivity contribution in [2.45, 2.75) is 11.8 Å². The molecule has 0 saturated heterocycles. The van der Waals surface area contributed by atoms with Crippen LogP contribution in [0.5, 0.6) is 0 Å². The molecule has 1 unspecified atom stereocenters. The molecule has 0 aromatic rings. The molecule has 1 aliphatic heterocycles. The van der Waals surface area contributed by atoms with Crippen molar-refractivity contribution in [3.05, 3.63) is 12.2 Å². The highest BCUT2D eigenvalue weighted by Crippen LogP contribution is 2.09. The lowest BCUT2D eigenvalue weighted by atomic mass is 10.3. The van der Waals surface area contributed by atoms with Crippen LogP contribution in [0.15, 0.2) is 12.2 Å². The van der Waals surface area contributed by atoms with Crippen molar-refractivity contribution in [1.29, 1.82) is 0 Å². The average molecular weight is 129 g/mol. The predicted molar refractivity (Wildman–Crippen MR) is 39.1 cm³/mol. The normalized spacial score (nSPS) is 28.4. The summed E-state index contributed by atoms with van der Waals surface area (Å²) >= 11 is 1.88. The van der Waals surface area contributed by atoms with Gasteiger partial charge in [-0.15, -0.1) is 11.8 Å². The molecule has 1 rings (SSSR count). The molecule has 1 nitrogen and oxygen atoms in total. The monoisotopic (exact) mass is 129 g/mol. The number of hydrogen-bond acceptors (Lipinski definition) is 2. The fourth-order valence-electron chi connectivity index (χ4n) is 0.766. The maximum Gasteiger partial charge on any atom is 0.0566 e. The minimum Gasteiger partial charge on any atom is -0.302 e. The lowest BCUT2D eigenvalue weighted by Crippen LogP contribution is -2.27. The van der Waals surface area contributed by atoms with Crippen LogP contribution in [-0.2, 0) is 0 Å². The fraction of sp³-hybridized carbons (Fsp3) is 0.667. The molecule has 0 aromatic carbocycles. The van der Waals surface area contributed by atoms with Gasteiger partial charge < -0.3 is 5.32 Å². The summed E-state index contributed by atoms with van der Waals surface area (Å²) < 4.78 is 0. The van der Waals surface area contributed by atoms with Crippen molar-refractivity contribution < 1.29 is 0 Å². The molecular formula is C6H11NS. The molecule has 46 valence electrons. The molecule has 0 spiro atoms. The third-order valence-electron chi connectivity index (χ3n) is 1.26. The van der Waals surface area contributed by atoms with Gasteiger partial charge in [0, 0.05) is 6.54 Å². The second kappa shape index (κ2) is 3.15. The van der Waals surface area contributed by atoms with Crippen LogP contribution in [0, 0.1) is 0 Å². The first kappa shape index (κ1) is 6.17. The third-order valence-corrected chi connectivity index (χ3v) is 2.19. The van der Waals surface area contributed by atoms with Crippen LogP contribution in [0.25, 0.3) is 0 Å². The molecule has 1 atom stereocenters. The topological polar surface area (TPSA) is 12.0 Å². The molecule has 1 heterocycles. The third kappa shape index (κ3) is 1.53. The van der Waals surface area contributed by atoms with Crippen molar-refractivity contribution in [3.63, 3.8) is 0 Å². The largest absolute Gasteiger partial charge is 0.302 e. The van der Waals surface area contributed by atoms with Crippen molar-refractivity contribution in [3.8, 4) is 0 Å². The molecule has 0 aliphatic carbocycles. The molecule has 2 heteroatoms. The van der Waals surface area contributed by atoms with Gasteiger partial charge in [-0.1, -0.05) is 12.2 Å². The molecule has 0 saturated carbocycles. The van der Waals surface area contributed by atoms with Gasteiger partial charge in [-0.05, 0) is 12.7 Å². The van der Waals surface area contributed by atoms with E-state index < -0.39 is 0 Å². The van der Waals surface area contributed by atoms with E-state index in [2.05, 4.69) is 23.7 Å². The van der Waals surface area contributed by atoms with E-state index in [9.17, 15) is 0 Å². The van der Waals surface area contributed by atoms with Crippen molar-refractivity contribution in [1.82, 2.24) is 5.32 Å². The minimum atomic E-state index is 0.667. The van der Waals surface area contributed by atoms with Crippen molar-refractivity contribution >= 4 is 11.8 Å². The Morgan fingerprint density at radius 1 is 1.62 bits per heavy atom. The Hall–Kier alpha value is 0.0500. The summed E-state index contributed by atoms with van der Waals surface area (Å²) in [5.74, 6) is 0. The molecule has 0 fully saturated rings. The van der Waals surface area contributed by atoms with Gasteiger partial charge in [0.05, 0.1) is 5.37 Å². The highest BCUT2D eigenvalue weighted by atomic mass is 32.2. The number of rotatable bonds is 1. The van der Waals surface area contributed by atoms with Crippen LogP contribution in [0.2, 0.25) is 0 Å². The van der Waals surface area contributed by atoms with Gasteiger partial charge in [0.1, 0.15) is 0 Å². The summed E-state index contributed by atoms with van der Waals surface area (Å²) in [5.41, 5.74) is 0. The fourth-order valence-corrected chi connectivity index (χ4v) is 1.33. The van der Waals surface area contributed by atoms with Crippen LogP contribution < -0.4 is 5.32 Å². The van der Waals surface area contributed by atoms with Gasteiger partial charge in [0.15, 0.2) is 0 Å². The second-order valence-corrected chi connectivity index (χ2v) is 2.88. The molecular weight excluding hydrogens is 118 g/mol. The maximum absolute atomic E-state index is 3.34. The smallest absolute Gasteiger partial charge is 0.0566 e. The van der Waals surface area contributed by atoms with Gasteiger partial charge in [-0.3, -0.25) is 0 Å². The number of hydrogen-bond donors (Lipinski definition) is 1. The Labute approximate surface area is 54.5 Å². The van der Waals surface area contributed by atoms with E-state index in [1.54, 1.807) is 0 Å². The summed E-state index contributed by atoms with van der Waals surface area (Å²) in [6.45, 7) is 1.05. The van der Waals surface area contributed by atoms with E-state index in [0.29, 0.717) is 5.37 Å². The lowest BCUT2D eigenvalue weighted by molar-refractivity contribution is 0.682. The van der Waals surface area contributed by atoms with Gasteiger partial charge in [0.2, 0.25) is 0 Å². The molecule has 1 N–H and O–H groups in total. The number of nitrogens with one attached hydrogen (secondary N) is 1. The first-order valence-corrected chi connectivity index (χ1v) is 4.13. The van der Waals surface area contributed by atoms with Gasteiger partial charge >= 0.3 is 0 Å². The van der Waals surface area contributed by atoms with Crippen LogP contribution in [0.3, 0.4) is 0 Å². The highest BCUT2D eigenvalue weighted by molar-refractivity contribution is 7.99. The highest BCUT2D eigenvalue weighted by Gasteiger charge is 2.03. The van der Waals surface area contributed by atoms with E-state index >= 15 is 0 Å². The summed E-state index contributed by atoms with van der Waals surface area (Å²) in [4.78, 5) is 0. The Morgan fingerprint density at radius 2 is 2.50 bits per heavy atom. The Kier molecular flexibility index (Phi) is 2.43. The summed E-state index contributed by atoms with van der Waals surface area (Å²) in [6.07, 6.45) is 7.72. The van der Waals surface area contributed by atoms with E-state index in [1.165, 1.54) is 6.42 Å². The standard InChI is InChI=1S/C6H11NS/c1-8-6-4-2-3-5-7-6/h2-3,6-7H,4-5H2,1H3. The van der Waals surface area contributed by atoms with Crippen molar-refractivity contribution in [2.75, 3.05) is 12.8 Å². The van der Waals surface area contributed by atoms with Crippen LogP contribution in [0.4, 0.5) is 0 Å². The van der Waals surface area contributed by atoms with Crippen LogP contribution >= 0.6 is 11.8 Å². The Bertz CT molecular complexity index is 90.5. The SMILES string of the molecule is CSC1CC=CCN1. The van der Waals surface area contributed by atoms with Gasteiger partial charge in [-0.25, -0.2) is 0 Å². The summed E-state index contributed by atoms with van der Waals surface area (Å²) in [5, 5.41) is 4.01. The van der Waals surface area contributed by atoms with E-state index in [1.807, 2.05) is 11.8 Å². The van der Waals surface area contributed by atoms with Crippen LogP contribution in [0.1, 0.15) is 6.42 Å². The van der Waals surface area contributed by atoms with E-state index in [0.717, 1.165) is 6.54 Å². The summed E-state index contributed by atoms with van der Waals surface area (Å²) in [6, 6.07) is 0. The molecule has 0 amide bonds. The van der Waals surface area contributed by atoms with Gasteiger partial charge in [0.25, 0.3) is 0 Å². The van der Waals surface area contributed by atoms with Gasteiger partial charge in [-0.2, -0.15) is 0 Å². The molecule has 1 aliphatic rings. The zero-order valence-electron chi connectivity index (χ0n) is 5.05. The van der Waals surface area contributed by atoms with Crippen molar-refractivity contribution in [2.24, 2.45) is 0 Å². The number of thioether (sulfide) groups is 1. The molecule has 0 radical (unpaired) electrons. The first-order chi connectivity index (χ1) is 3.93. The van der Waals surface area contributed by atoms with Crippen LogP contribution in [-0.4, -0.2) is 18.2 Å². The van der Waals surface area contributed by atoms with E-state index in [-0.39, 0.29) is 0 Å². The lowest BCUT2D eigenvalue weighted by Gasteiger charge is -2.16. The average Bonchev–Trinajstić information content (AvgIpc) is 1.90. The zero-order chi connectivity index (χ0) is 5.82. The molecule has 8 heavy (non-hydrogen) atoms. The maximum atomic E-state index is 3.34. The molecule has 0 aromatic heterocycles. The predicted octanol–water partition coefficient (Wildman–Crippen LogP) is 1.22. The minimum absolute atomic E-state index is 0.667. The van der Waals surface area contributed by atoms with E-state index in [4.69, 9.17) is 0 Å². The summed E-state index contributed by atoms with van der Waals surface area (Å²) in [7, 11) is 0. The first-order valence-electron chi connectivity index (χ1n) is 2.84. The Morgan fingerprint density at radius 3 is 2.88 bits per heavy atom. The molecule has 0 bridgehead atoms. The Balaban J connectivity index is 2.27.